The van der Waals surface area contributed by atoms with E-state index in [0.29, 0.717) is 15.9 Å². The SMILES string of the molecule is NC(=O)c1c(F)ccc(OCc2nc(-c3ccc(Cl)nc3)cs2)c1F. The average molecular weight is 382 g/mol. The lowest BCUT2D eigenvalue weighted by Crippen LogP contribution is -2.16. The van der Waals surface area contributed by atoms with Crippen molar-refractivity contribution in [1.29, 1.82) is 0 Å². The number of carbonyl (C=O) groups excluding carboxylic acids is 1. The van der Waals surface area contributed by atoms with Crippen LogP contribution in [0.1, 0.15) is 15.4 Å². The van der Waals surface area contributed by atoms with Gasteiger partial charge in [0.2, 0.25) is 0 Å². The molecule has 0 bridgehead atoms. The zero-order valence-electron chi connectivity index (χ0n) is 12.5. The summed E-state index contributed by atoms with van der Waals surface area (Å²) >= 11 is 7.04. The van der Waals surface area contributed by atoms with Crippen molar-refractivity contribution < 1.29 is 18.3 Å². The Morgan fingerprint density at radius 2 is 2.08 bits per heavy atom. The fourth-order valence-corrected chi connectivity index (χ4v) is 2.87. The molecule has 1 aromatic carbocycles. The third-order valence-corrected chi connectivity index (χ3v) is 4.27. The van der Waals surface area contributed by atoms with Gasteiger partial charge >= 0.3 is 0 Å². The van der Waals surface area contributed by atoms with Gasteiger partial charge in [-0.05, 0) is 24.3 Å². The molecule has 0 saturated heterocycles. The van der Waals surface area contributed by atoms with Crippen molar-refractivity contribution in [2.45, 2.75) is 6.61 Å². The molecule has 0 aliphatic heterocycles. The van der Waals surface area contributed by atoms with E-state index in [9.17, 15) is 13.6 Å². The first-order valence-electron chi connectivity index (χ1n) is 6.92. The van der Waals surface area contributed by atoms with Crippen LogP contribution in [0.2, 0.25) is 5.15 Å². The van der Waals surface area contributed by atoms with E-state index in [1.165, 1.54) is 11.3 Å². The summed E-state index contributed by atoms with van der Waals surface area (Å²) in [6.07, 6.45) is 1.58. The van der Waals surface area contributed by atoms with Crippen molar-refractivity contribution in [3.8, 4) is 17.0 Å². The van der Waals surface area contributed by atoms with Gasteiger partial charge in [0.05, 0.1) is 5.69 Å². The normalized spacial score (nSPS) is 10.7. The first kappa shape index (κ1) is 17.2. The van der Waals surface area contributed by atoms with E-state index in [1.807, 2.05) is 0 Å². The number of amides is 1. The van der Waals surface area contributed by atoms with Crippen LogP contribution >= 0.6 is 22.9 Å². The van der Waals surface area contributed by atoms with Gasteiger partial charge in [-0.1, -0.05) is 11.6 Å². The Labute approximate surface area is 150 Å². The Kier molecular flexibility index (Phi) is 4.91. The highest BCUT2D eigenvalue weighted by atomic mass is 35.5. The van der Waals surface area contributed by atoms with Crippen molar-refractivity contribution >= 4 is 28.8 Å². The van der Waals surface area contributed by atoms with Crippen LogP contribution in [0.5, 0.6) is 5.75 Å². The molecule has 1 amide bonds. The number of primary amides is 1. The minimum Gasteiger partial charge on any atom is -0.483 e. The third-order valence-electron chi connectivity index (χ3n) is 3.23. The molecule has 3 aromatic rings. The monoisotopic (exact) mass is 381 g/mol. The number of thiazole rings is 1. The fraction of sp³-hybridized carbons (Fsp3) is 0.0625. The molecule has 0 saturated carbocycles. The number of halogens is 3. The Morgan fingerprint density at radius 3 is 2.76 bits per heavy atom. The second kappa shape index (κ2) is 7.12. The summed E-state index contributed by atoms with van der Waals surface area (Å²) in [5.74, 6) is -3.65. The summed E-state index contributed by atoms with van der Waals surface area (Å²) in [6, 6.07) is 5.43. The van der Waals surface area contributed by atoms with E-state index >= 15 is 0 Å². The quantitative estimate of drug-likeness (QED) is 0.681. The van der Waals surface area contributed by atoms with Crippen LogP contribution in [0.4, 0.5) is 8.78 Å². The molecule has 0 radical (unpaired) electrons. The number of nitrogens with zero attached hydrogens (tertiary/aromatic N) is 2. The third kappa shape index (κ3) is 3.75. The number of aromatic nitrogens is 2. The molecule has 2 heterocycles. The number of rotatable bonds is 5. The molecule has 2 aromatic heterocycles. The Balaban J connectivity index is 1.76. The summed E-state index contributed by atoms with van der Waals surface area (Å²) in [7, 11) is 0. The summed E-state index contributed by atoms with van der Waals surface area (Å²) in [4.78, 5) is 19.4. The molecule has 2 N–H and O–H groups in total. The van der Waals surface area contributed by atoms with Crippen molar-refractivity contribution in [3.05, 3.63) is 63.2 Å². The summed E-state index contributed by atoms with van der Waals surface area (Å²) in [5, 5.41) is 2.73. The van der Waals surface area contributed by atoms with E-state index in [-0.39, 0.29) is 12.4 Å². The fourth-order valence-electron chi connectivity index (χ4n) is 2.05. The highest BCUT2D eigenvalue weighted by molar-refractivity contribution is 7.09. The zero-order valence-corrected chi connectivity index (χ0v) is 14.1. The van der Waals surface area contributed by atoms with Crippen LogP contribution in [0.25, 0.3) is 11.3 Å². The molecule has 0 aliphatic rings. The zero-order chi connectivity index (χ0) is 18.0. The van der Waals surface area contributed by atoms with Crippen LogP contribution in [0.3, 0.4) is 0 Å². The molecular weight excluding hydrogens is 372 g/mol. The van der Waals surface area contributed by atoms with Crippen LogP contribution in [0.15, 0.2) is 35.8 Å². The second-order valence-corrected chi connectivity index (χ2v) is 6.21. The van der Waals surface area contributed by atoms with E-state index in [0.717, 1.165) is 17.7 Å². The minimum atomic E-state index is -1.20. The highest BCUT2D eigenvalue weighted by Gasteiger charge is 2.19. The number of hydrogen-bond acceptors (Lipinski definition) is 5. The summed E-state index contributed by atoms with van der Waals surface area (Å²) in [5.41, 5.74) is 5.59. The van der Waals surface area contributed by atoms with Crippen molar-refractivity contribution in [1.82, 2.24) is 9.97 Å². The van der Waals surface area contributed by atoms with Crippen LogP contribution in [-0.2, 0) is 6.61 Å². The van der Waals surface area contributed by atoms with Gasteiger partial charge in [-0.25, -0.2) is 18.7 Å². The smallest absolute Gasteiger partial charge is 0.254 e. The number of benzene rings is 1. The van der Waals surface area contributed by atoms with Gasteiger partial charge in [0.25, 0.3) is 5.91 Å². The first-order chi connectivity index (χ1) is 12.0. The lowest BCUT2D eigenvalue weighted by Gasteiger charge is -2.08. The van der Waals surface area contributed by atoms with Gasteiger partial charge in [0.1, 0.15) is 28.1 Å². The topological polar surface area (TPSA) is 78.1 Å². The average Bonchev–Trinajstić information content (AvgIpc) is 3.03. The first-order valence-corrected chi connectivity index (χ1v) is 8.18. The van der Waals surface area contributed by atoms with E-state index in [1.54, 1.807) is 23.7 Å². The molecule has 0 fully saturated rings. The Morgan fingerprint density at radius 1 is 1.28 bits per heavy atom. The van der Waals surface area contributed by atoms with E-state index in [4.69, 9.17) is 22.1 Å². The molecule has 0 spiro atoms. The number of ether oxygens (including phenoxy) is 1. The number of carbonyl (C=O) groups is 1. The largest absolute Gasteiger partial charge is 0.483 e. The van der Waals surface area contributed by atoms with E-state index < -0.39 is 23.1 Å². The molecule has 3 rings (SSSR count). The number of hydrogen-bond donors (Lipinski definition) is 1. The van der Waals surface area contributed by atoms with Gasteiger partial charge in [-0.3, -0.25) is 4.79 Å². The van der Waals surface area contributed by atoms with E-state index in [2.05, 4.69) is 9.97 Å². The van der Waals surface area contributed by atoms with Crippen molar-refractivity contribution in [2.75, 3.05) is 0 Å². The lowest BCUT2D eigenvalue weighted by atomic mass is 10.2. The Bertz CT molecular complexity index is 932. The highest BCUT2D eigenvalue weighted by Crippen LogP contribution is 2.26. The van der Waals surface area contributed by atoms with Gasteiger partial charge in [-0.15, -0.1) is 11.3 Å². The maximum absolute atomic E-state index is 14.1. The van der Waals surface area contributed by atoms with Gasteiger partial charge in [-0.2, -0.15) is 0 Å². The van der Waals surface area contributed by atoms with Crippen molar-refractivity contribution in [3.63, 3.8) is 0 Å². The second-order valence-electron chi connectivity index (χ2n) is 4.88. The lowest BCUT2D eigenvalue weighted by molar-refractivity contribution is 0.0991. The summed E-state index contributed by atoms with van der Waals surface area (Å²) in [6.45, 7) is -0.0492. The molecule has 25 heavy (non-hydrogen) atoms. The van der Waals surface area contributed by atoms with Crippen LogP contribution in [-0.4, -0.2) is 15.9 Å². The minimum absolute atomic E-state index is 0.0492. The van der Waals surface area contributed by atoms with Crippen LogP contribution < -0.4 is 10.5 Å². The molecule has 5 nitrogen and oxygen atoms in total. The number of nitrogens with two attached hydrogens (primary N) is 1. The maximum Gasteiger partial charge on any atom is 0.254 e. The molecule has 0 aliphatic carbocycles. The predicted octanol–water partition coefficient (Wildman–Crippen LogP) is 3.81. The Hall–Kier alpha value is -2.58. The maximum atomic E-state index is 14.1. The molecule has 0 atom stereocenters. The molecule has 0 unspecified atom stereocenters. The standard InChI is InChI=1S/C16H10ClF2N3O2S/c17-12-4-1-8(5-21-12)10-7-25-13(22-10)6-24-11-3-2-9(18)14(15(11)19)16(20)23/h1-5,7H,6H2,(H2,20,23). The predicted molar refractivity (Wildman–Crippen MR) is 89.6 cm³/mol. The molecular formula is C16H10ClF2N3O2S. The van der Waals surface area contributed by atoms with Gasteiger partial charge in [0.15, 0.2) is 11.6 Å². The number of pyridine rings is 1. The van der Waals surface area contributed by atoms with Crippen molar-refractivity contribution in [2.24, 2.45) is 5.73 Å². The molecule has 9 heteroatoms. The molecule has 128 valence electrons. The van der Waals surface area contributed by atoms with Crippen LogP contribution in [0, 0.1) is 11.6 Å². The van der Waals surface area contributed by atoms with Gasteiger partial charge < -0.3 is 10.5 Å². The summed E-state index contributed by atoms with van der Waals surface area (Å²) < 4.78 is 32.8. The van der Waals surface area contributed by atoms with Gasteiger partial charge in [0, 0.05) is 17.1 Å².